The van der Waals surface area contributed by atoms with E-state index in [9.17, 15) is 9.50 Å². The van der Waals surface area contributed by atoms with Crippen LogP contribution in [-0.2, 0) is 0 Å². The second kappa shape index (κ2) is 4.04. The molecule has 0 fully saturated rings. The van der Waals surface area contributed by atoms with E-state index in [1.807, 2.05) is 0 Å². The first-order valence-electron chi connectivity index (χ1n) is 4.43. The van der Waals surface area contributed by atoms with Gasteiger partial charge >= 0.3 is 0 Å². The molecule has 2 aromatic rings. The maximum Gasteiger partial charge on any atom is 0.151 e. The lowest BCUT2D eigenvalue weighted by Crippen LogP contribution is -1.86. The molecule has 15 heavy (non-hydrogen) atoms. The molecule has 0 spiro atoms. The summed E-state index contributed by atoms with van der Waals surface area (Å²) < 4.78 is 13.3. The summed E-state index contributed by atoms with van der Waals surface area (Å²) in [6.45, 7) is 1.64. The van der Waals surface area contributed by atoms with E-state index in [1.54, 1.807) is 13.1 Å². The van der Waals surface area contributed by atoms with E-state index in [1.165, 1.54) is 29.7 Å². The Hall–Kier alpha value is -1.33. The summed E-state index contributed by atoms with van der Waals surface area (Å²) in [6.07, 6.45) is 2.48. The van der Waals surface area contributed by atoms with Crippen LogP contribution in [0.4, 0.5) is 4.39 Å². The van der Waals surface area contributed by atoms with Crippen LogP contribution in [0.25, 0.3) is 10.7 Å². The van der Waals surface area contributed by atoms with E-state index in [4.69, 9.17) is 0 Å². The highest BCUT2D eigenvalue weighted by Gasteiger charge is 2.12. The molecule has 0 aliphatic carbocycles. The Balaban J connectivity index is 2.42. The number of nitrogens with zero attached hydrogens (tertiary/aromatic N) is 2. The molecule has 78 valence electrons. The van der Waals surface area contributed by atoms with Crippen LogP contribution in [0, 0.1) is 5.82 Å². The van der Waals surface area contributed by atoms with Crippen molar-refractivity contribution in [3.63, 3.8) is 0 Å². The standard InChI is InChI=1S/C10H9FN2OS/c1-6(14)8-5-13-10(15-8)9-7(11)3-2-4-12-9/h2-6,14H,1H3. The van der Waals surface area contributed by atoms with Gasteiger partial charge in [-0.1, -0.05) is 0 Å². The van der Waals surface area contributed by atoms with Crippen LogP contribution in [-0.4, -0.2) is 15.1 Å². The van der Waals surface area contributed by atoms with Gasteiger partial charge in [-0.3, -0.25) is 4.98 Å². The zero-order valence-electron chi connectivity index (χ0n) is 8.01. The first-order chi connectivity index (χ1) is 7.18. The van der Waals surface area contributed by atoms with Crippen molar-refractivity contribution in [2.24, 2.45) is 0 Å². The van der Waals surface area contributed by atoms with Crippen molar-refractivity contribution >= 4 is 11.3 Å². The molecule has 2 aromatic heterocycles. The number of rotatable bonds is 2. The Bertz CT molecular complexity index is 470. The van der Waals surface area contributed by atoms with Crippen molar-refractivity contribution < 1.29 is 9.50 Å². The summed E-state index contributed by atoms with van der Waals surface area (Å²) >= 11 is 1.24. The Kier molecular flexibility index (Phi) is 2.75. The van der Waals surface area contributed by atoms with Crippen LogP contribution in [0.3, 0.4) is 0 Å². The molecule has 5 heteroatoms. The van der Waals surface area contributed by atoms with Gasteiger partial charge in [0, 0.05) is 12.4 Å². The fourth-order valence-electron chi connectivity index (χ4n) is 1.13. The molecule has 0 saturated heterocycles. The van der Waals surface area contributed by atoms with Gasteiger partial charge in [0.2, 0.25) is 0 Å². The molecule has 0 aliphatic rings. The number of thiazole rings is 1. The number of aliphatic hydroxyl groups is 1. The lowest BCUT2D eigenvalue weighted by molar-refractivity contribution is 0.203. The number of hydrogen-bond donors (Lipinski definition) is 1. The van der Waals surface area contributed by atoms with Crippen molar-refractivity contribution in [3.8, 4) is 10.7 Å². The zero-order chi connectivity index (χ0) is 10.8. The molecule has 0 aromatic carbocycles. The first-order valence-corrected chi connectivity index (χ1v) is 5.25. The highest BCUT2D eigenvalue weighted by molar-refractivity contribution is 7.15. The minimum atomic E-state index is -0.581. The van der Waals surface area contributed by atoms with Gasteiger partial charge in [0.25, 0.3) is 0 Å². The molecule has 0 radical (unpaired) electrons. The minimum absolute atomic E-state index is 0.231. The summed E-state index contributed by atoms with van der Waals surface area (Å²) in [4.78, 5) is 8.64. The summed E-state index contributed by atoms with van der Waals surface area (Å²) in [5.41, 5.74) is 0.231. The van der Waals surface area contributed by atoms with Crippen LogP contribution in [0.15, 0.2) is 24.5 Å². The molecular weight excluding hydrogens is 215 g/mol. The first kappa shape index (κ1) is 10.2. The van der Waals surface area contributed by atoms with E-state index >= 15 is 0 Å². The lowest BCUT2D eigenvalue weighted by atomic mass is 10.3. The average molecular weight is 224 g/mol. The Morgan fingerprint density at radius 1 is 1.47 bits per heavy atom. The maximum absolute atomic E-state index is 13.3. The molecule has 0 aliphatic heterocycles. The third kappa shape index (κ3) is 2.03. The molecule has 3 nitrogen and oxygen atoms in total. The minimum Gasteiger partial charge on any atom is -0.388 e. The Morgan fingerprint density at radius 2 is 2.27 bits per heavy atom. The SMILES string of the molecule is CC(O)c1cnc(-c2ncccc2F)s1. The largest absolute Gasteiger partial charge is 0.388 e. The molecule has 1 unspecified atom stereocenters. The molecule has 2 rings (SSSR count). The number of pyridine rings is 1. The fraction of sp³-hybridized carbons (Fsp3) is 0.200. The third-order valence-corrected chi connectivity index (χ3v) is 3.07. The van der Waals surface area contributed by atoms with E-state index < -0.39 is 11.9 Å². The Labute approximate surface area is 90.3 Å². The van der Waals surface area contributed by atoms with Crippen molar-refractivity contribution in [1.82, 2.24) is 9.97 Å². The average Bonchev–Trinajstić information content (AvgIpc) is 2.67. The highest BCUT2D eigenvalue weighted by atomic mass is 32.1. The van der Waals surface area contributed by atoms with Gasteiger partial charge < -0.3 is 5.11 Å². The van der Waals surface area contributed by atoms with Gasteiger partial charge in [-0.05, 0) is 19.1 Å². The third-order valence-electron chi connectivity index (χ3n) is 1.90. The smallest absolute Gasteiger partial charge is 0.151 e. The monoisotopic (exact) mass is 224 g/mol. The van der Waals surface area contributed by atoms with E-state index in [0.717, 1.165) is 0 Å². The van der Waals surface area contributed by atoms with Crippen molar-refractivity contribution in [1.29, 1.82) is 0 Å². The van der Waals surface area contributed by atoms with Gasteiger partial charge in [0.05, 0.1) is 11.0 Å². The number of hydrogen-bond acceptors (Lipinski definition) is 4. The van der Waals surface area contributed by atoms with Crippen LogP contribution in [0.1, 0.15) is 17.9 Å². The predicted molar refractivity (Wildman–Crippen MR) is 55.9 cm³/mol. The second-order valence-electron chi connectivity index (χ2n) is 3.08. The number of aliphatic hydroxyl groups excluding tert-OH is 1. The van der Waals surface area contributed by atoms with Gasteiger partial charge in [-0.25, -0.2) is 9.37 Å². The molecule has 1 atom stereocenters. The molecule has 0 amide bonds. The normalized spacial score (nSPS) is 12.7. The number of aromatic nitrogens is 2. The Morgan fingerprint density at radius 3 is 2.87 bits per heavy atom. The summed E-state index contributed by atoms with van der Waals surface area (Å²) in [5.74, 6) is -0.399. The molecule has 2 heterocycles. The van der Waals surface area contributed by atoms with Crippen LogP contribution >= 0.6 is 11.3 Å². The summed E-state index contributed by atoms with van der Waals surface area (Å²) in [6, 6.07) is 2.87. The number of halogens is 1. The van der Waals surface area contributed by atoms with Crippen LogP contribution in [0.5, 0.6) is 0 Å². The molecule has 0 saturated carbocycles. The van der Waals surface area contributed by atoms with E-state index in [0.29, 0.717) is 9.88 Å². The van der Waals surface area contributed by atoms with Gasteiger partial charge in [0.1, 0.15) is 10.7 Å². The summed E-state index contributed by atoms with van der Waals surface area (Å²) in [7, 11) is 0. The lowest BCUT2D eigenvalue weighted by Gasteiger charge is -1.97. The topological polar surface area (TPSA) is 46.0 Å². The van der Waals surface area contributed by atoms with Crippen LogP contribution in [0.2, 0.25) is 0 Å². The van der Waals surface area contributed by atoms with Gasteiger partial charge in [0.15, 0.2) is 5.82 Å². The molecule has 0 bridgehead atoms. The van der Waals surface area contributed by atoms with Crippen molar-refractivity contribution in [2.75, 3.05) is 0 Å². The van der Waals surface area contributed by atoms with Gasteiger partial charge in [-0.2, -0.15) is 0 Å². The quantitative estimate of drug-likeness (QED) is 0.852. The van der Waals surface area contributed by atoms with Crippen molar-refractivity contribution in [3.05, 3.63) is 35.2 Å². The molecular formula is C10H9FN2OS. The zero-order valence-corrected chi connectivity index (χ0v) is 8.83. The highest BCUT2D eigenvalue weighted by Crippen LogP contribution is 2.28. The maximum atomic E-state index is 13.3. The van der Waals surface area contributed by atoms with Crippen molar-refractivity contribution in [2.45, 2.75) is 13.0 Å². The van der Waals surface area contributed by atoms with Gasteiger partial charge in [-0.15, -0.1) is 11.3 Å². The fourth-order valence-corrected chi connectivity index (χ4v) is 1.98. The summed E-state index contributed by atoms with van der Waals surface area (Å²) in [5, 5.41) is 9.80. The predicted octanol–water partition coefficient (Wildman–Crippen LogP) is 2.40. The van der Waals surface area contributed by atoms with E-state index in [-0.39, 0.29) is 5.69 Å². The van der Waals surface area contributed by atoms with E-state index in [2.05, 4.69) is 9.97 Å². The van der Waals surface area contributed by atoms with Crippen LogP contribution < -0.4 is 0 Å². The molecule has 1 N–H and O–H groups in total. The second-order valence-corrected chi connectivity index (χ2v) is 4.14.